The molecule has 3 nitrogen and oxygen atoms in total. The summed E-state index contributed by atoms with van der Waals surface area (Å²) in [7, 11) is 3.68. The minimum atomic E-state index is 0.529. The molecule has 0 aliphatic carbocycles. The summed E-state index contributed by atoms with van der Waals surface area (Å²) in [5, 5.41) is 2.58. The fourth-order valence-electron chi connectivity index (χ4n) is 2.22. The highest BCUT2D eigenvalue weighted by Crippen LogP contribution is 2.33. The molecular formula is C13H11ClN2O. The van der Waals surface area contributed by atoms with Crippen molar-refractivity contribution in [2.24, 2.45) is 7.05 Å². The Morgan fingerprint density at radius 2 is 2.06 bits per heavy atom. The minimum Gasteiger partial charge on any atom is -0.497 e. The van der Waals surface area contributed by atoms with E-state index in [1.165, 1.54) is 0 Å². The van der Waals surface area contributed by atoms with Crippen LogP contribution in [0.2, 0.25) is 5.15 Å². The lowest BCUT2D eigenvalue weighted by Crippen LogP contribution is -1.87. The van der Waals surface area contributed by atoms with Crippen molar-refractivity contribution >= 4 is 33.4 Å². The summed E-state index contributed by atoms with van der Waals surface area (Å²) < 4.78 is 7.36. The van der Waals surface area contributed by atoms with Gasteiger partial charge in [0.2, 0.25) is 0 Å². The monoisotopic (exact) mass is 246 g/mol. The van der Waals surface area contributed by atoms with Crippen LogP contribution in [-0.4, -0.2) is 16.7 Å². The first-order valence-electron chi connectivity index (χ1n) is 5.29. The quantitative estimate of drug-likeness (QED) is 0.616. The molecule has 0 aliphatic rings. The predicted molar refractivity (Wildman–Crippen MR) is 69.8 cm³/mol. The molecule has 3 aromatic rings. The Labute approximate surface area is 104 Å². The molecule has 0 radical (unpaired) electrons. The number of aryl methyl sites for hydroxylation is 1. The minimum absolute atomic E-state index is 0.529. The number of benzene rings is 1. The second-order valence-corrected chi connectivity index (χ2v) is 4.30. The average molecular weight is 247 g/mol. The molecule has 17 heavy (non-hydrogen) atoms. The largest absolute Gasteiger partial charge is 0.497 e. The zero-order valence-electron chi connectivity index (χ0n) is 9.57. The van der Waals surface area contributed by atoms with E-state index in [-0.39, 0.29) is 0 Å². The van der Waals surface area contributed by atoms with Crippen LogP contribution in [-0.2, 0) is 7.05 Å². The van der Waals surface area contributed by atoms with Crippen molar-refractivity contribution in [2.75, 3.05) is 7.11 Å². The van der Waals surface area contributed by atoms with Crippen molar-refractivity contribution < 1.29 is 4.74 Å². The van der Waals surface area contributed by atoms with Crippen LogP contribution in [0.3, 0.4) is 0 Å². The molecule has 2 heterocycles. The number of halogens is 1. The maximum Gasteiger partial charge on any atom is 0.138 e. The lowest BCUT2D eigenvalue weighted by Gasteiger charge is -2.00. The van der Waals surface area contributed by atoms with Crippen LogP contribution in [0.4, 0.5) is 0 Å². The maximum absolute atomic E-state index is 6.18. The van der Waals surface area contributed by atoms with Gasteiger partial charge >= 0.3 is 0 Å². The molecule has 1 aromatic carbocycles. The summed E-state index contributed by atoms with van der Waals surface area (Å²) in [5.74, 6) is 0.824. The third-order valence-electron chi connectivity index (χ3n) is 3.08. The maximum atomic E-state index is 6.18. The van der Waals surface area contributed by atoms with Crippen molar-refractivity contribution in [1.82, 2.24) is 9.55 Å². The van der Waals surface area contributed by atoms with Crippen LogP contribution in [0.5, 0.6) is 5.75 Å². The first-order chi connectivity index (χ1) is 8.22. The molecule has 86 valence electrons. The van der Waals surface area contributed by atoms with E-state index in [4.69, 9.17) is 16.3 Å². The van der Waals surface area contributed by atoms with E-state index in [0.717, 1.165) is 27.6 Å². The van der Waals surface area contributed by atoms with Gasteiger partial charge in [-0.2, -0.15) is 0 Å². The second kappa shape index (κ2) is 3.64. The van der Waals surface area contributed by atoms with E-state index in [0.29, 0.717) is 5.15 Å². The highest BCUT2D eigenvalue weighted by atomic mass is 35.5. The number of aromatic nitrogens is 2. The molecule has 2 aromatic heterocycles. The van der Waals surface area contributed by atoms with Crippen LogP contribution >= 0.6 is 11.6 Å². The Hall–Kier alpha value is -1.74. The van der Waals surface area contributed by atoms with Gasteiger partial charge < -0.3 is 9.30 Å². The van der Waals surface area contributed by atoms with Gasteiger partial charge in [-0.05, 0) is 24.3 Å². The Balaban J connectivity index is 2.56. The van der Waals surface area contributed by atoms with Gasteiger partial charge in [0, 0.05) is 29.5 Å². The highest BCUT2D eigenvalue weighted by molar-refractivity contribution is 6.36. The standard InChI is InChI=1S/C13H11ClN2O/c1-16-10-4-3-8(17-2)7-9(10)12-11(16)5-6-15-13(12)14/h3-7H,1-2H3. The van der Waals surface area contributed by atoms with Crippen molar-refractivity contribution in [3.8, 4) is 5.75 Å². The SMILES string of the molecule is COc1ccc2c(c1)c1c(Cl)nccc1n2C. The number of fused-ring (bicyclic) bond motifs is 3. The zero-order valence-corrected chi connectivity index (χ0v) is 10.3. The van der Waals surface area contributed by atoms with Crippen LogP contribution in [0.25, 0.3) is 21.8 Å². The van der Waals surface area contributed by atoms with Crippen molar-refractivity contribution in [3.05, 3.63) is 35.6 Å². The number of nitrogens with zero attached hydrogens (tertiary/aromatic N) is 2. The van der Waals surface area contributed by atoms with Crippen LogP contribution < -0.4 is 4.74 Å². The van der Waals surface area contributed by atoms with E-state index in [1.54, 1.807) is 13.3 Å². The van der Waals surface area contributed by atoms with Gasteiger partial charge in [0.05, 0.1) is 12.6 Å². The normalized spacial score (nSPS) is 11.2. The number of hydrogen-bond acceptors (Lipinski definition) is 2. The molecule has 0 amide bonds. The topological polar surface area (TPSA) is 27.1 Å². The summed E-state index contributed by atoms with van der Waals surface area (Å²) in [5.41, 5.74) is 2.20. The summed E-state index contributed by atoms with van der Waals surface area (Å²) in [6, 6.07) is 7.94. The van der Waals surface area contributed by atoms with E-state index >= 15 is 0 Å². The molecule has 0 aliphatic heterocycles. The van der Waals surface area contributed by atoms with Crippen molar-refractivity contribution in [3.63, 3.8) is 0 Å². The Kier molecular flexibility index (Phi) is 2.23. The first kappa shape index (κ1) is 10.4. The highest BCUT2D eigenvalue weighted by Gasteiger charge is 2.12. The zero-order chi connectivity index (χ0) is 12.0. The van der Waals surface area contributed by atoms with Gasteiger partial charge in [-0.15, -0.1) is 0 Å². The molecule has 0 saturated heterocycles. The van der Waals surface area contributed by atoms with Crippen LogP contribution in [0.1, 0.15) is 0 Å². The Bertz CT molecular complexity index is 718. The van der Waals surface area contributed by atoms with Gasteiger partial charge in [0.15, 0.2) is 0 Å². The summed E-state index contributed by atoms with van der Waals surface area (Å²) in [6.45, 7) is 0. The van der Waals surface area contributed by atoms with E-state index < -0.39 is 0 Å². The smallest absolute Gasteiger partial charge is 0.138 e. The first-order valence-corrected chi connectivity index (χ1v) is 5.67. The average Bonchev–Trinajstić information content (AvgIpc) is 2.64. The third kappa shape index (κ3) is 1.39. The summed E-state index contributed by atoms with van der Waals surface area (Å²) >= 11 is 6.18. The van der Waals surface area contributed by atoms with Crippen molar-refractivity contribution in [1.29, 1.82) is 0 Å². The van der Waals surface area contributed by atoms with Gasteiger partial charge in [-0.3, -0.25) is 0 Å². The summed E-state index contributed by atoms with van der Waals surface area (Å²) in [4.78, 5) is 4.14. The lowest BCUT2D eigenvalue weighted by molar-refractivity contribution is 0.415. The molecule has 0 saturated carbocycles. The fraction of sp³-hybridized carbons (Fsp3) is 0.154. The third-order valence-corrected chi connectivity index (χ3v) is 3.37. The second-order valence-electron chi connectivity index (χ2n) is 3.94. The van der Waals surface area contributed by atoms with E-state index in [9.17, 15) is 0 Å². The predicted octanol–water partition coefficient (Wildman–Crippen LogP) is 3.39. The van der Waals surface area contributed by atoms with E-state index in [1.807, 2.05) is 31.3 Å². The molecule has 3 rings (SSSR count). The molecule has 0 atom stereocenters. The number of methoxy groups -OCH3 is 1. The lowest BCUT2D eigenvalue weighted by atomic mass is 10.2. The van der Waals surface area contributed by atoms with Crippen molar-refractivity contribution in [2.45, 2.75) is 0 Å². The molecule has 0 N–H and O–H groups in total. The Morgan fingerprint density at radius 1 is 1.24 bits per heavy atom. The number of ether oxygens (including phenoxy) is 1. The molecule has 0 unspecified atom stereocenters. The summed E-state index contributed by atoms with van der Waals surface area (Å²) in [6.07, 6.45) is 1.72. The Morgan fingerprint density at radius 3 is 2.82 bits per heavy atom. The fourth-order valence-corrected chi connectivity index (χ4v) is 2.48. The van der Waals surface area contributed by atoms with Gasteiger partial charge in [0.1, 0.15) is 10.9 Å². The van der Waals surface area contributed by atoms with E-state index in [2.05, 4.69) is 9.55 Å². The molecule has 0 spiro atoms. The molecule has 4 heteroatoms. The number of pyridine rings is 1. The molecular weight excluding hydrogens is 236 g/mol. The van der Waals surface area contributed by atoms with Crippen LogP contribution in [0.15, 0.2) is 30.5 Å². The molecule has 0 bridgehead atoms. The van der Waals surface area contributed by atoms with Gasteiger partial charge in [-0.1, -0.05) is 11.6 Å². The van der Waals surface area contributed by atoms with Gasteiger partial charge in [-0.25, -0.2) is 4.98 Å². The van der Waals surface area contributed by atoms with Crippen LogP contribution in [0, 0.1) is 0 Å². The molecule has 0 fully saturated rings. The number of hydrogen-bond donors (Lipinski definition) is 0. The number of rotatable bonds is 1. The van der Waals surface area contributed by atoms with Gasteiger partial charge in [0.25, 0.3) is 0 Å².